The molecule has 2 rings (SSSR count). The minimum atomic E-state index is 0.399. The van der Waals surface area contributed by atoms with Crippen LogP contribution in [0.4, 0.5) is 0 Å². The molecule has 0 aliphatic heterocycles. The second kappa shape index (κ2) is 5.93. The van der Waals surface area contributed by atoms with Crippen LogP contribution in [-0.4, -0.2) is 31.6 Å². The minimum absolute atomic E-state index is 0.399. The summed E-state index contributed by atoms with van der Waals surface area (Å²) in [6, 6.07) is 7.43. The van der Waals surface area contributed by atoms with Crippen molar-refractivity contribution in [2.45, 2.75) is 38.8 Å². The smallest absolute Gasteiger partial charge is 0.122 e. The van der Waals surface area contributed by atoms with Crippen LogP contribution in [0.15, 0.2) is 18.2 Å². The van der Waals surface area contributed by atoms with Gasteiger partial charge >= 0.3 is 0 Å². The van der Waals surface area contributed by atoms with Gasteiger partial charge in [-0.3, -0.25) is 0 Å². The van der Waals surface area contributed by atoms with Gasteiger partial charge in [-0.15, -0.1) is 0 Å². The van der Waals surface area contributed by atoms with E-state index in [2.05, 4.69) is 44.1 Å². The third-order valence-corrected chi connectivity index (χ3v) is 4.05. The lowest BCUT2D eigenvalue weighted by Crippen LogP contribution is -2.43. The Bertz CT molecular complexity index is 425. The highest BCUT2D eigenvalue weighted by molar-refractivity contribution is 5.38. The lowest BCUT2D eigenvalue weighted by molar-refractivity contribution is 0.123. The molecule has 1 unspecified atom stereocenters. The van der Waals surface area contributed by atoms with Crippen LogP contribution in [-0.2, 0) is 0 Å². The van der Waals surface area contributed by atoms with Crippen LogP contribution in [0.5, 0.6) is 5.75 Å². The van der Waals surface area contributed by atoms with Gasteiger partial charge in [0.25, 0.3) is 0 Å². The average Bonchev–Trinajstić information content (AvgIpc) is 2.30. The zero-order chi connectivity index (χ0) is 14.0. The Morgan fingerprint density at radius 1 is 1.37 bits per heavy atom. The summed E-state index contributed by atoms with van der Waals surface area (Å²) in [6.45, 7) is 4.86. The fourth-order valence-electron chi connectivity index (χ4n) is 3.13. The van der Waals surface area contributed by atoms with Crippen LogP contribution >= 0.6 is 0 Å². The molecule has 1 fully saturated rings. The van der Waals surface area contributed by atoms with Gasteiger partial charge in [0.15, 0.2) is 0 Å². The Hall–Kier alpha value is -1.06. The van der Waals surface area contributed by atoms with Gasteiger partial charge in [-0.05, 0) is 63.9 Å². The van der Waals surface area contributed by atoms with Crippen LogP contribution in [0.25, 0.3) is 0 Å². The summed E-state index contributed by atoms with van der Waals surface area (Å²) in [6.07, 6.45) is 2.27. The summed E-state index contributed by atoms with van der Waals surface area (Å²) in [5.41, 5.74) is 8.54. The molecule has 1 aromatic rings. The highest BCUT2D eigenvalue weighted by atomic mass is 16.5. The lowest BCUT2D eigenvalue weighted by Gasteiger charge is -2.42. The Labute approximate surface area is 116 Å². The molecule has 106 valence electrons. The van der Waals surface area contributed by atoms with E-state index in [1.54, 1.807) is 0 Å². The molecule has 0 saturated heterocycles. The van der Waals surface area contributed by atoms with Gasteiger partial charge in [0.05, 0.1) is 6.61 Å². The number of benzene rings is 1. The lowest BCUT2D eigenvalue weighted by atomic mass is 9.73. The normalized spacial score (nSPS) is 24.1. The second-order valence-corrected chi connectivity index (χ2v) is 5.86. The quantitative estimate of drug-likeness (QED) is 0.886. The Morgan fingerprint density at radius 3 is 2.53 bits per heavy atom. The summed E-state index contributed by atoms with van der Waals surface area (Å²) in [4.78, 5) is 2.31. The van der Waals surface area contributed by atoms with Crippen molar-refractivity contribution in [3.63, 3.8) is 0 Å². The average molecular weight is 262 g/mol. The van der Waals surface area contributed by atoms with Gasteiger partial charge in [0.2, 0.25) is 0 Å². The maximum atomic E-state index is 5.94. The monoisotopic (exact) mass is 262 g/mol. The first-order valence-electron chi connectivity index (χ1n) is 7.18. The summed E-state index contributed by atoms with van der Waals surface area (Å²) in [5, 5.41) is 0. The Morgan fingerprint density at radius 2 is 2.05 bits per heavy atom. The molecule has 0 radical (unpaired) electrons. The maximum absolute atomic E-state index is 5.94. The van der Waals surface area contributed by atoms with Gasteiger partial charge in [-0.2, -0.15) is 0 Å². The first-order chi connectivity index (χ1) is 9.02. The predicted molar refractivity (Wildman–Crippen MR) is 79.5 cm³/mol. The molecule has 1 aromatic carbocycles. The summed E-state index contributed by atoms with van der Waals surface area (Å²) in [7, 11) is 4.31. The van der Waals surface area contributed by atoms with Crippen molar-refractivity contribution < 1.29 is 4.74 Å². The Balaban J connectivity index is 2.20. The number of aryl methyl sites for hydroxylation is 1. The van der Waals surface area contributed by atoms with Crippen LogP contribution in [0.2, 0.25) is 0 Å². The van der Waals surface area contributed by atoms with E-state index in [0.717, 1.165) is 25.2 Å². The minimum Gasteiger partial charge on any atom is -0.494 e. The SMILES string of the molecule is CCOc1ccc(C(C2CC(N)C2)N(C)C)cc1C. The highest BCUT2D eigenvalue weighted by Crippen LogP contribution is 2.40. The summed E-state index contributed by atoms with van der Waals surface area (Å²) < 4.78 is 5.62. The van der Waals surface area contributed by atoms with Gasteiger partial charge in [-0.25, -0.2) is 0 Å². The number of hydrogen-bond acceptors (Lipinski definition) is 3. The van der Waals surface area contributed by atoms with E-state index in [-0.39, 0.29) is 0 Å². The van der Waals surface area contributed by atoms with E-state index in [9.17, 15) is 0 Å². The van der Waals surface area contributed by atoms with Crippen molar-refractivity contribution in [1.29, 1.82) is 0 Å². The number of ether oxygens (including phenoxy) is 1. The molecule has 3 heteroatoms. The number of hydrogen-bond donors (Lipinski definition) is 1. The summed E-state index contributed by atoms with van der Waals surface area (Å²) >= 11 is 0. The largest absolute Gasteiger partial charge is 0.494 e. The van der Waals surface area contributed by atoms with Crippen LogP contribution in [0, 0.1) is 12.8 Å². The topological polar surface area (TPSA) is 38.5 Å². The molecule has 3 nitrogen and oxygen atoms in total. The zero-order valence-corrected chi connectivity index (χ0v) is 12.5. The van der Waals surface area contributed by atoms with E-state index in [1.807, 2.05) is 6.92 Å². The van der Waals surface area contributed by atoms with Crippen LogP contribution < -0.4 is 10.5 Å². The molecule has 1 aliphatic carbocycles. The van der Waals surface area contributed by atoms with Crippen molar-refractivity contribution in [1.82, 2.24) is 4.90 Å². The van der Waals surface area contributed by atoms with Crippen LogP contribution in [0.3, 0.4) is 0 Å². The van der Waals surface area contributed by atoms with E-state index >= 15 is 0 Å². The van der Waals surface area contributed by atoms with Crippen LogP contribution in [0.1, 0.15) is 36.9 Å². The predicted octanol–water partition coefficient (Wildman–Crippen LogP) is 2.73. The molecule has 0 spiro atoms. The van der Waals surface area contributed by atoms with Gasteiger partial charge in [0, 0.05) is 12.1 Å². The van der Waals surface area contributed by atoms with Crippen molar-refractivity contribution in [3.05, 3.63) is 29.3 Å². The standard InChI is InChI=1S/C16H26N2O/c1-5-19-15-7-6-12(8-11(15)2)16(18(3)4)13-9-14(17)10-13/h6-8,13-14,16H,5,9-10,17H2,1-4H3. The molecule has 2 N–H and O–H groups in total. The fourth-order valence-corrected chi connectivity index (χ4v) is 3.13. The van der Waals surface area contributed by atoms with E-state index in [1.165, 1.54) is 11.1 Å². The van der Waals surface area contributed by atoms with Crippen molar-refractivity contribution >= 4 is 0 Å². The first-order valence-corrected chi connectivity index (χ1v) is 7.18. The molecule has 0 heterocycles. The number of nitrogens with zero attached hydrogens (tertiary/aromatic N) is 1. The van der Waals surface area contributed by atoms with Gasteiger partial charge < -0.3 is 15.4 Å². The molecule has 1 saturated carbocycles. The third-order valence-electron chi connectivity index (χ3n) is 4.05. The molecule has 0 bridgehead atoms. The van der Waals surface area contributed by atoms with Crippen molar-refractivity contribution in [3.8, 4) is 5.75 Å². The van der Waals surface area contributed by atoms with E-state index < -0.39 is 0 Å². The van der Waals surface area contributed by atoms with Gasteiger partial charge in [0.1, 0.15) is 5.75 Å². The molecule has 19 heavy (non-hydrogen) atoms. The maximum Gasteiger partial charge on any atom is 0.122 e. The first kappa shape index (κ1) is 14.4. The second-order valence-electron chi connectivity index (χ2n) is 5.86. The molecular formula is C16H26N2O. The van der Waals surface area contributed by atoms with E-state index in [4.69, 9.17) is 10.5 Å². The third kappa shape index (κ3) is 3.10. The van der Waals surface area contributed by atoms with Crippen molar-refractivity contribution in [2.24, 2.45) is 11.7 Å². The van der Waals surface area contributed by atoms with Crippen molar-refractivity contribution in [2.75, 3.05) is 20.7 Å². The molecule has 0 amide bonds. The molecule has 1 atom stereocenters. The molecular weight excluding hydrogens is 236 g/mol. The highest BCUT2D eigenvalue weighted by Gasteiger charge is 2.35. The zero-order valence-electron chi connectivity index (χ0n) is 12.5. The number of nitrogens with two attached hydrogens (primary N) is 1. The fraction of sp³-hybridized carbons (Fsp3) is 0.625. The van der Waals surface area contributed by atoms with E-state index in [0.29, 0.717) is 18.0 Å². The summed E-state index contributed by atoms with van der Waals surface area (Å²) in [5.74, 6) is 1.68. The molecule has 1 aliphatic rings. The van der Waals surface area contributed by atoms with Gasteiger partial charge in [-0.1, -0.05) is 12.1 Å². The Kier molecular flexibility index (Phi) is 4.48. The number of rotatable bonds is 5. The molecule has 0 aromatic heterocycles.